The zero-order valence-corrected chi connectivity index (χ0v) is 9.12. The molecule has 17 heavy (non-hydrogen) atoms. The predicted octanol–water partition coefficient (Wildman–Crippen LogP) is 1.94. The Kier molecular flexibility index (Phi) is 2.70. The normalized spacial score (nSPS) is 10.2. The predicted molar refractivity (Wildman–Crippen MR) is 63.3 cm³/mol. The first-order valence-corrected chi connectivity index (χ1v) is 4.92. The molecule has 0 saturated heterocycles. The van der Waals surface area contributed by atoms with Crippen molar-refractivity contribution in [3.05, 3.63) is 46.3 Å². The molecule has 1 aromatic carbocycles. The van der Waals surface area contributed by atoms with Crippen molar-refractivity contribution in [1.29, 1.82) is 0 Å². The smallest absolute Gasteiger partial charge is 0.269 e. The average Bonchev–Trinajstić information content (AvgIpc) is 2.33. The molecule has 0 atom stereocenters. The summed E-state index contributed by atoms with van der Waals surface area (Å²) >= 11 is 0. The number of anilines is 1. The number of aryl methyl sites for hydroxylation is 1. The van der Waals surface area contributed by atoms with Crippen LogP contribution in [0.2, 0.25) is 0 Å². The first-order chi connectivity index (χ1) is 8.08. The standard InChI is InChI=1S/C11H10N4O2/c1-7-10(12)6-13-11(14-7)8-2-4-9(5-3-8)15(16)17/h2-6H,12H2,1H3. The Balaban J connectivity index is 2.39. The van der Waals surface area contributed by atoms with Crippen LogP contribution < -0.4 is 5.73 Å². The molecule has 0 aliphatic rings. The van der Waals surface area contributed by atoms with Crippen molar-refractivity contribution in [2.24, 2.45) is 0 Å². The van der Waals surface area contributed by atoms with Gasteiger partial charge in [-0.05, 0) is 19.1 Å². The highest BCUT2D eigenvalue weighted by Crippen LogP contribution is 2.20. The number of nitrogen functional groups attached to an aromatic ring is 1. The maximum Gasteiger partial charge on any atom is 0.269 e. The maximum absolute atomic E-state index is 10.5. The summed E-state index contributed by atoms with van der Waals surface area (Å²) in [5.74, 6) is 0.506. The van der Waals surface area contributed by atoms with Crippen molar-refractivity contribution in [3.8, 4) is 11.4 Å². The molecule has 0 aliphatic heterocycles. The number of hydrogen-bond acceptors (Lipinski definition) is 5. The summed E-state index contributed by atoms with van der Waals surface area (Å²) in [6.07, 6.45) is 1.53. The minimum atomic E-state index is -0.446. The van der Waals surface area contributed by atoms with E-state index in [1.807, 2.05) is 0 Å². The van der Waals surface area contributed by atoms with Crippen molar-refractivity contribution in [2.75, 3.05) is 5.73 Å². The van der Waals surface area contributed by atoms with Gasteiger partial charge in [0.25, 0.3) is 5.69 Å². The summed E-state index contributed by atoms with van der Waals surface area (Å²) in [5.41, 5.74) is 7.59. The fourth-order valence-corrected chi connectivity index (χ4v) is 1.35. The summed E-state index contributed by atoms with van der Waals surface area (Å²) in [4.78, 5) is 18.3. The number of rotatable bonds is 2. The molecule has 0 fully saturated rings. The van der Waals surface area contributed by atoms with E-state index in [1.165, 1.54) is 18.3 Å². The molecule has 0 aliphatic carbocycles. The van der Waals surface area contributed by atoms with E-state index in [2.05, 4.69) is 9.97 Å². The quantitative estimate of drug-likeness (QED) is 0.628. The highest BCUT2D eigenvalue weighted by molar-refractivity contribution is 5.58. The van der Waals surface area contributed by atoms with Crippen molar-refractivity contribution in [3.63, 3.8) is 0 Å². The lowest BCUT2D eigenvalue weighted by atomic mass is 10.2. The molecular weight excluding hydrogens is 220 g/mol. The van der Waals surface area contributed by atoms with Gasteiger partial charge in [-0.3, -0.25) is 10.1 Å². The second-order valence-corrected chi connectivity index (χ2v) is 3.54. The van der Waals surface area contributed by atoms with Crippen LogP contribution in [0.4, 0.5) is 11.4 Å². The van der Waals surface area contributed by atoms with Gasteiger partial charge in [0, 0.05) is 17.7 Å². The van der Waals surface area contributed by atoms with Crippen LogP contribution in [0, 0.1) is 17.0 Å². The lowest BCUT2D eigenvalue weighted by Gasteiger charge is -2.02. The molecule has 0 spiro atoms. The van der Waals surface area contributed by atoms with Gasteiger partial charge in [-0.25, -0.2) is 9.97 Å². The fourth-order valence-electron chi connectivity index (χ4n) is 1.35. The Labute approximate surface area is 97.3 Å². The lowest BCUT2D eigenvalue weighted by molar-refractivity contribution is -0.384. The van der Waals surface area contributed by atoms with Crippen LogP contribution in [-0.4, -0.2) is 14.9 Å². The fraction of sp³-hybridized carbons (Fsp3) is 0.0909. The summed E-state index contributed by atoms with van der Waals surface area (Å²) in [6.45, 7) is 1.78. The van der Waals surface area contributed by atoms with Gasteiger partial charge in [-0.1, -0.05) is 0 Å². The molecule has 2 rings (SSSR count). The van der Waals surface area contributed by atoms with Gasteiger partial charge in [0.05, 0.1) is 22.5 Å². The third-order valence-electron chi connectivity index (χ3n) is 2.35. The Bertz CT molecular complexity index is 566. The first-order valence-electron chi connectivity index (χ1n) is 4.92. The number of non-ortho nitro benzene ring substituents is 1. The van der Waals surface area contributed by atoms with Crippen molar-refractivity contribution in [2.45, 2.75) is 6.92 Å². The Morgan fingerprint density at radius 1 is 1.29 bits per heavy atom. The number of nitrogens with two attached hydrogens (primary N) is 1. The molecule has 86 valence electrons. The van der Waals surface area contributed by atoms with E-state index < -0.39 is 4.92 Å². The van der Waals surface area contributed by atoms with Crippen LogP contribution in [0.5, 0.6) is 0 Å². The van der Waals surface area contributed by atoms with Gasteiger partial charge >= 0.3 is 0 Å². The van der Waals surface area contributed by atoms with Crippen LogP contribution in [0.1, 0.15) is 5.69 Å². The van der Waals surface area contributed by atoms with Gasteiger partial charge in [-0.15, -0.1) is 0 Å². The second-order valence-electron chi connectivity index (χ2n) is 3.54. The Morgan fingerprint density at radius 3 is 2.47 bits per heavy atom. The third-order valence-corrected chi connectivity index (χ3v) is 2.35. The topological polar surface area (TPSA) is 94.9 Å². The second kappa shape index (κ2) is 4.17. The summed E-state index contributed by atoms with van der Waals surface area (Å²) in [7, 11) is 0. The average molecular weight is 230 g/mol. The van der Waals surface area contributed by atoms with Crippen LogP contribution >= 0.6 is 0 Å². The van der Waals surface area contributed by atoms with E-state index in [0.717, 1.165) is 5.56 Å². The highest BCUT2D eigenvalue weighted by atomic mass is 16.6. The Hall–Kier alpha value is -2.50. The van der Waals surface area contributed by atoms with E-state index in [-0.39, 0.29) is 5.69 Å². The molecule has 0 unspecified atom stereocenters. The third kappa shape index (κ3) is 2.20. The lowest BCUT2D eigenvalue weighted by Crippen LogP contribution is -1.97. The van der Waals surface area contributed by atoms with E-state index in [9.17, 15) is 10.1 Å². The summed E-state index contributed by atoms with van der Waals surface area (Å²) in [6, 6.07) is 6.07. The summed E-state index contributed by atoms with van der Waals surface area (Å²) in [5, 5.41) is 10.5. The maximum atomic E-state index is 10.5. The number of benzene rings is 1. The van der Waals surface area contributed by atoms with Crippen LogP contribution in [0.15, 0.2) is 30.5 Å². The molecule has 2 N–H and O–H groups in total. The largest absolute Gasteiger partial charge is 0.396 e. The van der Waals surface area contributed by atoms with Gasteiger partial charge in [0.1, 0.15) is 0 Å². The molecule has 0 amide bonds. The first kappa shape index (κ1) is 11.0. The SMILES string of the molecule is Cc1nc(-c2ccc([N+](=O)[O-])cc2)ncc1N. The molecule has 0 saturated carbocycles. The zero-order chi connectivity index (χ0) is 12.4. The number of nitrogens with zero attached hydrogens (tertiary/aromatic N) is 3. The number of hydrogen-bond donors (Lipinski definition) is 1. The molecule has 0 bridgehead atoms. The number of nitro benzene ring substituents is 1. The monoisotopic (exact) mass is 230 g/mol. The van der Waals surface area contributed by atoms with Crippen LogP contribution in [0.25, 0.3) is 11.4 Å². The van der Waals surface area contributed by atoms with Crippen LogP contribution in [-0.2, 0) is 0 Å². The molecule has 1 heterocycles. The molecule has 1 aromatic heterocycles. The zero-order valence-electron chi connectivity index (χ0n) is 9.12. The highest BCUT2D eigenvalue weighted by Gasteiger charge is 2.07. The molecule has 0 radical (unpaired) electrons. The van der Waals surface area contributed by atoms with Crippen molar-refractivity contribution >= 4 is 11.4 Å². The number of nitro groups is 1. The molecular formula is C11H10N4O2. The van der Waals surface area contributed by atoms with Crippen molar-refractivity contribution in [1.82, 2.24) is 9.97 Å². The van der Waals surface area contributed by atoms with E-state index in [4.69, 9.17) is 5.73 Å². The molecule has 2 aromatic rings. The van der Waals surface area contributed by atoms with E-state index in [0.29, 0.717) is 17.2 Å². The van der Waals surface area contributed by atoms with Crippen molar-refractivity contribution < 1.29 is 4.92 Å². The molecule has 6 nitrogen and oxygen atoms in total. The Morgan fingerprint density at radius 2 is 1.94 bits per heavy atom. The van der Waals surface area contributed by atoms with Gasteiger partial charge < -0.3 is 5.73 Å². The minimum absolute atomic E-state index is 0.0425. The number of aromatic nitrogens is 2. The summed E-state index contributed by atoms with van der Waals surface area (Å²) < 4.78 is 0. The van der Waals surface area contributed by atoms with E-state index in [1.54, 1.807) is 19.1 Å². The van der Waals surface area contributed by atoms with Gasteiger partial charge in [-0.2, -0.15) is 0 Å². The minimum Gasteiger partial charge on any atom is -0.396 e. The molecule has 6 heteroatoms. The van der Waals surface area contributed by atoms with Gasteiger partial charge in [0.2, 0.25) is 0 Å². The van der Waals surface area contributed by atoms with Gasteiger partial charge in [0.15, 0.2) is 5.82 Å². The van der Waals surface area contributed by atoms with Crippen LogP contribution in [0.3, 0.4) is 0 Å². The van der Waals surface area contributed by atoms with E-state index >= 15 is 0 Å².